The van der Waals surface area contributed by atoms with Crippen LogP contribution >= 0.6 is 11.6 Å². The minimum atomic E-state index is -0.625. The second-order valence-corrected chi connectivity index (χ2v) is 4.53. The standard InChI is InChI=1S/C13H15ClO2/c1-8(2)12(15)9(3)13(16)10-6-4-5-7-11(10)14/h4-9H,1-3H3. The van der Waals surface area contributed by atoms with Gasteiger partial charge in [0.15, 0.2) is 5.78 Å². The summed E-state index contributed by atoms with van der Waals surface area (Å²) in [6.45, 7) is 5.21. The van der Waals surface area contributed by atoms with Gasteiger partial charge in [-0.3, -0.25) is 9.59 Å². The zero-order valence-electron chi connectivity index (χ0n) is 9.66. The zero-order chi connectivity index (χ0) is 12.3. The summed E-state index contributed by atoms with van der Waals surface area (Å²) in [4.78, 5) is 23.7. The third-order valence-corrected chi connectivity index (χ3v) is 2.86. The van der Waals surface area contributed by atoms with Crippen molar-refractivity contribution in [2.24, 2.45) is 11.8 Å². The summed E-state index contributed by atoms with van der Waals surface area (Å²) in [6.07, 6.45) is 0. The number of hydrogen-bond acceptors (Lipinski definition) is 2. The van der Waals surface area contributed by atoms with Crippen LogP contribution < -0.4 is 0 Å². The molecule has 3 heteroatoms. The maximum absolute atomic E-state index is 12.0. The first-order valence-corrected chi connectivity index (χ1v) is 5.65. The molecule has 0 aromatic heterocycles. The Hall–Kier alpha value is -1.15. The first kappa shape index (κ1) is 12.9. The lowest BCUT2D eigenvalue weighted by molar-refractivity contribution is -0.123. The van der Waals surface area contributed by atoms with Crippen LogP contribution in [0.25, 0.3) is 0 Å². The quantitative estimate of drug-likeness (QED) is 0.595. The summed E-state index contributed by atoms with van der Waals surface area (Å²) < 4.78 is 0. The number of carbonyl (C=O) groups is 2. The monoisotopic (exact) mass is 238 g/mol. The number of benzene rings is 1. The largest absolute Gasteiger partial charge is 0.299 e. The Labute approximate surface area is 101 Å². The van der Waals surface area contributed by atoms with Crippen molar-refractivity contribution in [3.63, 3.8) is 0 Å². The second kappa shape index (κ2) is 5.26. The van der Waals surface area contributed by atoms with Crippen molar-refractivity contribution in [1.29, 1.82) is 0 Å². The minimum Gasteiger partial charge on any atom is -0.299 e. The van der Waals surface area contributed by atoms with E-state index in [1.54, 1.807) is 45.0 Å². The Morgan fingerprint density at radius 1 is 1.12 bits per heavy atom. The highest BCUT2D eigenvalue weighted by Crippen LogP contribution is 2.20. The molecule has 0 spiro atoms. The van der Waals surface area contributed by atoms with E-state index in [0.717, 1.165) is 0 Å². The van der Waals surface area contributed by atoms with E-state index in [0.29, 0.717) is 10.6 Å². The molecule has 1 aromatic rings. The summed E-state index contributed by atoms with van der Waals surface area (Å²) >= 11 is 5.92. The molecular weight excluding hydrogens is 224 g/mol. The first-order chi connectivity index (χ1) is 7.45. The molecule has 0 aliphatic heterocycles. The van der Waals surface area contributed by atoms with Gasteiger partial charge in [-0.25, -0.2) is 0 Å². The van der Waals surface area contributed by atoms with Crippen LogP contribution in [0.15, 0.2) is 24.3 Å². The predicted octanol–water partition coefficient (Wildman–Crippen LogP) is 3.38. The van der Waals surface area contributed by atoms with E-state index in [1.165, 1.54) is 0 Å². The number of halogens is 1. The fourth-order valence-corrected chi connectivity index (χ4v) is 1.75. The maximum atomic E-state index is 12.0. The topological polar surface area (TPSA) is 34.1 Å². The summed E-state index contributed by atoms with van der Waals surface area (Å²) in [5, 5.41) is 0.399. The third kappa shape index (κ3) is 2.70. The van der Waals surface area contributed by atoms with Gasteiger partial charge in [-0.1, -0.05) is 37.6 Å². The summed E-state index contributed by atoms with van der Waals surface area (Å²) in [5.41, 5.74) is 0.422. The summed E-state index contributed by atoms with van der Waals surface area (Å²) in [7, 11) is 0. The Morgan fingerprint density at radius 2 is 1.69 bits per heavy atom. The highest BCUT2D eigenvalue weighted by atomic mass is 35.5. The Balaban J connectivity index is 2.95. The van der Waals surface area contributed by atoms with Gasteiger partial charge in [0.1, 0.15) is 5.78 Å². The van der Waals surface area contributed by atoms with Crippen molar-refractivity contribution in [2.75, 3.05) is 0 Å². The third-order valence-electron chi connectivity index (χ3n) is 2.53. The van der Waals surface area contributed by atoms with Gasteiger partial charge in [0, 0.05) is 11.5 Å². The molecule has 1 rings (SSSR count). The van der Waals surface area contributed by atoms with Gasteiger partial charge in [-0.05, 0) is 19.1 Å². The molecule has 1 atom stereocenters. The number of ketones is 2. The SMILES string of the molecule is CC(C)C(=O)C(C)C(=O)c1ccccc1Cl. The average Bonchev–Trinajstić information content (AvgIpc) is 2.26. The minimum absolute atomic E-state index is 0.0510. The van der Waals surface area contributed by atoms with Crippen molar-refractivity contribution < 1.29 is 9.59 Å². The van der Waals surface area contributed by atoms with E-state index in [4.69, 9.17) is 11.6 Å². The molecule has 86 valence electrons. The van der Waals surface area contributed by atoms with E-state index in [-0.39, 0.29) is 17.5 Å². The highest BCUT2D eigenvalue weighted by Gasteiger charge is 2.25. The average molecular weight is 239 g/mol. The van der Waals surface area contributed by atoms with Crippen molar-refractivity contribution in [1.82, 2.24) is 0 Å². The predicted molar refractivity (Wildman–Crippen MR) is 64.8 cm³/mol. The highest BCUT2D eigenvalue weighted by molar-refractivity contribution is 6.34. The van der Waals surface area contributed by atoms with Crippen LogP contribution in [-0.4, -0.2) is 11.6 Å². The number of carbonyl (C=O) groups excluding carboxylic acids is 2. The van der Waals surface area contributed by atoms with Crippen molar-refractivity contribution >= 4 is 23.2 Å². The number of Topliss-reactive ketones (excluding diaryl/α,β-unsaturated/α-hetero) is 2. The molecule has 0 heterocycles. The lowest BCUT2D eigenvalue weighted by Crippen LogP contribution is -2.25. The van der Waals surface area contributed by atoms with Gasteiger partial charge in [-0.2, -0.15) is 0 Å². The smallest absolute Gasteiger partial charge is 0.174 e. The van der Waals surface area contributed by atoms with Gasteiger partial charge >= 0.3 is 0 Å². The van der Waals surface area contributed by atoms with Crippen LogP contribution in [0.5, 0.6) is 0 Å². The normalized spacial score (nSPS) is 12.6. The van der Waals surface area contributed by atoms with Gasteiger partial charge in [0.05, 0.1) is 10.9 Å². The molecule has 0 aliphatic carbocycles. The van der Waals surface area contributed by atoms with Gasteiger partial charge < -0.3 is 0 Å². The van der Waals surface area contributed by atoms with E-state index < -0.39 is 5.92 Å². The van der Waals surface area contributed by atoms with Crippen LogP contribution in [0, 0.1) is 11.8 Å². The van der Waals surface area contributed by atoms with Crippen molar-refractivity contribution in [2.45, 2.75) is 20.8 Å². The number of rotatable bonds is 4. The Kier molecular flexibility index (Phi) is 4.25. The Bertz CT molecular complexity index is 410. The van der Waals surface area contributed by atoms with Gasteiger partial charge in [0.2, 0.25) is 0 Å². The summed E-state index contributed by atoms with van der Waals surface area (Å²) in [5.74, 6) is -1.02. The molecule has 0 aliphatic rings. The molecule has 1 unspecified atom stereocenters. The molecule has 0 N–H and O–H groups in total. The molecule has 16 heavy (non-hydrogen) atoms. The van der Waals surface area contributed by atoms with Crippen molar-refractivity contribution in [3.8, 4) is 0 Å². The maximum Gasteiger partial charge on any atom is 0.174 e. The molecule has 0 fully saturated rings. The molecule has 0 amide bonds. The molecule has 1 aromatic carbocycles. The molecule has 0 bridgehead atoms. The second-order valence-electron chi connectivity index (χ2n) is 4.12. The van der Waals surface area contributed by atoms with Crippen LogP contribution in [0.1, 0.15) is 31.1 Å². The number of hydrogen-bond donors (Lipinski definition) is 0. The van der Waals surface area contributed by atoms with Crippen molar-refractivity contribution in [3.05, 3.63) is 34.9 Å². The van der Waals surface area contributed by atoms with E-state index >= 15 is 0 Å². The van der Waals surface area contributed by atoms with E-state index in [1.807, 2.05) is 0 Å². The van der Waals surface area contributed by atoms with Gasteiger partial charge in [0.25, 0.3) is 0 Å². The molecule has 0 radical (unpaired) electrons. The van der Waals surface area contributed by atoms with Crippen LogP contribution in [0.2, 0.25) is 5.02 Å². The lowest BCUT2D eigenvalue weighted by Gasteiger charge is -2.12. The van der Waals surface area contributed by atoms with E-state index in [2.05, 4.69) is 0 Å². The van der Waals surface area contributed by atoms with Crippen LogP contribution in [-0.2, 0) is 4.79 Å². The van der Waals surface area contributed by atoms with Gasteiger partial charge in [-0.15, -0.1) is 0 Å². The lowest BCUT2D eigenvalue weighted by atomic mass is 9.90. The van der Waals surface area contributed by atoms with Crippen LogP contribution in [0.3, 0.4) is 0 Å². The summed E-state index contributed by atoms with van der Waals surface area (Å²) in [6, 6.07) is 6.80. The molecule has 0 saturated carbocycles. The first-order valence-electron chi connectivity index (χ1n) is 5.27. The molecule has 0 saturated heterocycles. The fourth-order valence-electron chi connectivity index (χ4n) is 1.52. The molecule has 2 nitrogen and oxygen atoms in total. The van der Waals surface area contributed by atoms with Crippen LogP contribution in [0.4, 0.5) is 0 Å². The van der Waals surface area contributed by atoms with E-state index in [9.17, 15) is 9.59 Å². The molecular formula is C13H15ClO2. The zero-order valence-corrected chi connectivity index (χ0v) is 10.4. The fraction of sp³-hybridized carbons (Fsp3) is 0.385. The Morgan fingerprint density at radius 3 is 2.19 bits per heavy atom.